The Kier molecular flexibility index (Phi) is 4.78. The second kappa shape index (κ2) is 5.77. The van der Waals surface area contributed by atoms with Gasteiger partial charge in [-0.15, -0.1) is 0 Å². The van der Waals surface area contributed by atoms with Gasteiger partial charge in [0.15, 0.2) is 0 Å². The molecule has 1 aliphatic rings. The first-order valence-electron chi connectivity index (χ1n) is 6.10. The zero-order chi connectivity index (χ0) is 14.7. The highest BCUT2D eigenvalue weighted by Crippen LogP contribution is 2.30. The molecule has 1 rings (SSSR count). The number of carboxylic acid groups (broad SMARTS) is 1. The molecule has 0 aromatic heterocycles. The zero-order valence-corrected chi connectivity index (χ0v) is 11.9. The molecular formula is C11H20N2O5S. The van der Waals surface area contributed by atoms with E-state index in [9.17, 15) is 18.0 Å². The van der Waals surface area contributed by atoms with Gasteiger partial charge in [-0.2, -0.15) is 0 Å². The molecule has 3 N–H and O–H groups in total. The van der Waals surface area contributed by atoms with Gasteiger partial charge >= 0.3 is 12.0 Å². The summed E-state index contributed by atoms with van der Waals surface area (Å²) >= 11 is 0. The Bertz CT molecular complexity index is 456. The molecule has 1 aliphatic carbocycles. The van der Waals surface area contributed by atoms with Crippen LogP contribution in [-0.2, 0) is 14.6 Å². The minimum Gasteiger partial charge on any atom is -0.480 e. The van der Waals surface area contributed by atoms with Crippen molar-refractivity contribution in [3.8, 4) is 0 Å². The predicted molar refractivity (Wildman–Crippen MR) is 69.7 cm³/mol. The third-order valence-electron chi connectivity index (χ3n) is 3.25. The van der Waals surface area contributed by atoms with Crippen LogP contribution in [0.1, 0.15) is 32.6 Å². The van der Waals surface area contributed by atoms with Crippen LogP contribution in [0.15, 0.2) is 0 Å². The van der Waals surface area contributed by atoms with Gasteiger partial charge in [0.1, 0.15) is 15.9 Å². The quantitative estimate of drug-likeness (QED) is 0.643. The second-order valence-electron chi connectivity index (χ2n) is 5.32. The molecule has 0 bridgehead atoms. The third kappa shape index (κ3) is 5.46. The fourth-order valence-electron chi connectivity index (χ4n) is 1.89. The van der Waals surface area contributed by atoms with E-state index in [4.69, 9.17) is 5.11 Å². The molecule has 7 nitrogen and oxygen atoms in total. The smallest absolute Gasteiger partial charge is 0.326 e. The predicted octanol–water partition coefficient (Wildman–Crippen LogP) is 0.116. The third-order valence-corrected chi connectivity index (χ3v) is 4.23. The van der Waals surface area contributed by atoms with E-state index in [1.54, 1.807) is 0 Å². The van der Waals surface area contributed by atoms with Crippen molar-refractivity contribution in [2.24, 2.45) is 0 Å². The van der Waals surface area contributed by atoms with E-state index in [2.05, 4.69) is 10.6 Å². The normalized spacial score (nSPS) is 19.1. The van der Waals surface area contributed by atoms with Crippen molar-refractivity contribution in [1.82, 2.24) is 10.6 Å². The number of carbonyl (C=O) groups excluding carboxylic acids is 1. The average molecular weight is 292 g/mol. The molecule has 0 aliphatic heterocycles. The average Bonchev–Trinajstić information content (AvgIpc) is 2.20. The maximum Gasteiger partial charge on any atom is 0.326 e. The lowest BCUT2D eigenvalue weighted by atomic mass is 9.79. The van der Waals surface area contributed by atoms with Crippen LogP contribution in [0, 0.1) is 0 Å². The number of aliphatic carboxylic acids is 1. The van der Waals surface area contributed by atoms with E-state index in [0.29, 0.717) is 0 Å². The molecule has 0 heterocycles. The molecule has 1 fully saturated rings. The number of rotatable bonds is 6. The molecule has 0 aromatic carbocycles. The molecule has 1 unspecified atom stereocenters. The molecule has 110 valence electrons. The summed E-state index contributed by atoms with van der Waals surface area (Å²) in [6.07, 6.45) is 3.65. The van der Waals surface area contributed by atoms with Gasteiger partial charge in [0.25, 0.3) is 0 Å². The van der Waals surface area contributed by atoms with Crippen LogP contribution in [0.3, 0.4) is 0 Å². The lowest BCUT2D eigenvalue weighted by Gasteiger charge is -2.39. The summed E-state index contributed by atoms with van der Waals surface area (Å²) in [5, 5.41) is 14.0. The molecule has 0 spiro atoms. The van der Waals surface area contributed by atoms with E-state index < -0.39 is 27.9 Å². The summed E-state index contributed by atoms with van der Waals surface area (Å²) in [5.41, 5.74) is -0.274. The van der Waals surface area contributed by atoms with Gasteiger partial charge in [-0.3, -0.25) is 0 Å². The Morgan fingerprint density at radius 1 is 1.37 bits per heavy atom. The zero-order valence-electron chi connectivity index (χ0n) is 11.1. The first-order chi connectivity index (χ1) is 8.61. The summed E-state index contributed by atoms with van der Waals surface area (Å²) in [6.45, 7) is 1.89. The second-order valence-corrected chi connectivity index (χ2v) is 7.58. The van der Waals surface area contributed by atoms with Crippen molar-refractivity contribution in [1.29, 1.82) is 0 Å². The van der Waals surface area contributed by atoms with Gasteiger partial charge in [-0.1, -0.05) is 0 Å². The summed E-state index contributed by atoms with van der Waals surface area (Å²) < 4.78 is 22.0. The van der Waals surface area contributed by atoms with Gasteiger partial charge in [0, 0.05) is 11.8 Å². The standard InChI is InChI=1S/C11H20N2O5S/c1-11(5-3-6-11)13-10(16)12-8(9(14)15)4-7-19(2,17)18/h8H,3-7H2,1-2H3,(H,14,15)(H2,12,13,16). The number of carbonyl (C=O) groups is 2. The van der Waals surface area contributed by atoms with Crippen LogP contribution in [0.4, 0.5) is 4.79 Å². The highest BCUT2D eigenvalue weighted by atomic mass is 32.2. The number of sulfone groups is 1. The van der Waals surface area contributed by atoms with Crippen molar-refractivity contribution >= 4 is 21.8 Å². The number of urea groups is 1. The van der Waals surface area contributed by atoms with Crippen molar-refractivity contribution in [2.75, 3.05) is 12.0 Å². The van der Waals surface area contributed by atoms with E-state index in [-0.39, 0.29) is 17.7 Å². The van der Waals surface area contributed by atoms with Crippen LogP contribution in [-0.4, -0.2) is 49.1 Å². The molecule has 19 heavy (non-hydrogen) atoms. The van der Waals surface area contributed by atoms with Crippen molar-refractivity contribution in [2.45, 2.75) is 44.2 Å². The van der Waals surface area contributed by atoms with Gasteiger partial charge in [0.2, 0.25) is 0 Å². The Morgan fingerprint density at radius 3 is 2.32 bits per heavy atom. The fourth-order valence-corrected chi connectivity index (χ4v) is 2.55. The number of nitrogens with one attached hydrogen (secondary N) is 2. The summed E-state index contributed by atoms with van der Waals surface area (Å²) in [7, 11) is -3.25. The van der Waals surface area contributed by atoms with Crippen LogP contribution < -0.4 is 10.6 Å². The first kappa shape index (κ1) is 15.7. The molecule has 8 heteroatoms. The van der Waals surface area contributed by atoms with Gasteiger partial charge < -0.3 is 15.7 Å². The topological polar surface area (TPSA) is 113 Å². The summed E-state index contributed by atoms with van der Waals surface area (Å²) in [6, 6.07) is -1.76. The number of amides is 2. The van der Waals surface area contributed by atoms with E-state index in [0.717, 1.165) is 25.5 Å². The molecule has 1 saturated carbocycles. The Morgan fingerprint density at radius 2 is 1.95 bits per heavy atom. The summed E-state index contributed by atoms with van der Waals surface area (Å²) in [4.78, 5) is 22.6. The van der Waals surface area contributed by atoms with Gasteiger partial charge in [-0.25, -0.2) is 18.0 Å². The maximum atomic E-state index is 11.7. The Balaban J connectivity index is 2.48. The number of hydrogen-bond acceptors (Lipinski definition) is 4. The van der Waals surface area contributed by atoms with Crippen LogP contribution in [0.5, 0.6) is 0 Å². The molecule has 1 atom stereocenters. The van der Waals surface area contributed by atoms with Crippen molar-refractivity contribution < 1.29 is 23.1 Å². The number of carboxylic acids is 1. The SMILES string of the molecule is CC1(NC(=O)NC(CCS(C)(=O)=O)C(=O)O)CCC1. The highest BCUT2D eigenvalue weighted by Gasteiger charge is 2.34. The van der Waals surface area contributed by atoms with Crippen LogP contribution in [0.2, 0.25) is 0 Å². The number of hydrogen-bond donors (Lipinski definition) is 3. The molecule has 0 aromatic rings. The Hall–Kier alpha value is -1.31. The van der Waals surface area contributed by atoms with Crippen LogP contribution in [0.25, 0.3) is 0 Å². The maximum absolute atomic E-state index is 11.7. The minimum atomic E-state index is -3.25. The van der Waals surface area contributed by atoms with Crippen LogP contribution >= 0.6 is 0 Å². The fraction of sp³-hybridized carbons (Fsp3) is 0.818. The molecular weight excluding hydrogens is 272 g/mol. The van der Waals surface area contributed by atoms with E-state index in [1.807, 2.05) is 6.92 Å². The summed E-state index contributed by atoms with van der Waals surface area (Å²) in [5.74, 6) is -1.51. The van der Waals surface area contributed by atoms with E-state index >= 15 is 0 Å². The minimum absolute atomic E-state index is 0.141. The molecule has 2 amide bonds. The highest BCUT2D eigenvalue weighted by molar-refractivity contribution is 7.90. The van der Waals surface area contributed by atoms with Gasteiger partial charge in [-0.05, 0) is 32.6 Å². The molecule has 0 saturated heterocycles. The monoisotopic (exact) mass is 292 g/mol. The largest absolute Gasteiger partial charge is 0.480 e. The lowest BCUT2D eigenvalue weighted by molar-refractivity contribution is -0.139. The van der Waals surface area contributed by atoms with Crippen molar-refractivity contribution in [3.05, 3.63) is 0 Å². The van der Waals surface area contributed by atoms with E-state index in [1.165, 1.54) is 0 Å². The Labute approximate surface area is 112 Å². The lowest BCUT2D eigenvalue weighted by Crippen LogP contribution is -2.57. The van der Waals surface area contributed by atoms with Gasteiger partial charge in [0.05, 0.1) is 5.75 Å². The molecule has 0 radical (unpaired) electrons. The first-order valence-corrected chi connectivity index (χ1v) is 8.17. The van der Waals surface area contributed by atoms with Crippen molar-refractivity contribution in [3.63, 3.8) is 0 Å².